The average Bonchev–Trinajstić information content (AvgIpc) is 2.34. The Morgan fingerprint density at radius 2 is 1.76 bits per heavy atom. The van der Waals surface area contributed by atoms with Crippen molar-refractivity contribution in [1.82, 2.24) is 5.32 Å². The zero-order chi connectivity index (χ0) is 12.1. The lowest BCUT2D eigenvalue weighted by Crippen LogP contribution is -2.44. The van der Waals surface area contributed by atoms with Gasteiger partial charge in [0.25, 0.3) is 0 Å². The molecule has 1 saturated heterocycles. The van der Waals surface area contributed by atoms with Crippen LogP contribution in [0.5, 0.6) is 0 Å². The molecule has 3 nitrogen and oxygen atoms in total. The van der Waals surface area contributed by atoms with Crippen molar-refractivity contribution in [2.75, 3.05) is 13.2 Å². The summed E-state index contributed by atoms with van der Waals surface area (Å²) in [7, 11) is 0. The Labute approximate surface area is 105 Å². The van der Waals surface area contributed by atoms with Crippen LogP contribution in [-0.4, -0.2) is 25.3 Å². The highest BCUT2D eigenvalue weighted by Crippen LogP contribution is 2.38. The van der Waals surface area contributed by atoms with Gasteiger partial charge in [0, 0.05) is 31.7 Å². The predicted octanol–water partition coefficient (Wildman–Crippen LogP) is 2.62. The van der Waals surface area contributed by atoms with Gasteiger partial charge < -0.3 is 10.1 Å². The normalized spacial score (nSPS) is 35.4. The molecule has 2 aliphatic rings. The van der Waals surface area contributed by atoms with Gasteiger partial charge in [0.05, 0.1) is 6.07 Å². The molecule has 1 aliphatic heterocycles. The molecule has 1 saturated carbocycles. The molecule has 1 N–H and O–H groups in total. The fourth-order valence-electron chi connectivity index (χ4n) is 3.05. The van der Waals surface area contributed by atoms with Crippen LogP contribution in [0.3, 0.4) is 0 Å². The molecule has 2 fully saturated rings. The van der Waals surface area contributed by atoms with E-state index in [0.29, 0.717) is 12.1 Å². The van der Waals surface area contributed by atoms with Crippen LogP contribution in [0, 0.1) is 16.7 Å². The molecule has 17 heavy (non-hydrogen) atoms. The van der Waals surface area contributed by atoms with E-state index in [9.17, 15) is 0 Å². The maximum Gasteiger partial charge on any atom is 0.0627 e. The largest absolute Gasteiger partial charge is 0.381 e. The standard InChI is InChI=1S/C14H24N2O/c1-14(8-9-15)6-2-12(3-7-14)16-13-4-10-17-11-5-13/h12-13,16H,2-8,10-11H2,1H3/t12-,14-. The van der Waals surface area contributed by atoms with Crippen LogP contribution < -0.4 is 5.32 Å². The Morgan fingerprint density at radius 3 is 2.35 bits per heavy atom. The molecule has 0 atom stereocenters. The van der Waals surface area contributed by atoms with Gasteiger partial charge in [-0.1, -0.05) is 6.92 Å². The number of hydrogen-bond donors (Lipinski definition) is 1. The van der Waals surface area contributed by atoms with Gasteiger partial charge in [0.2, 0.25) is 0 Å². The molecular formula is C14H24N2O. The van der Waals surface area contributed by atoms with Crippen molar-refractivity contribution in [2.45, 2.75) is 64.0 Å². The maximum atomic E-state index is 8.83. The summed E-state index contributed by atoms with van der Waals surface area (Å²) in [6.07, 6.45) is 7.89. The van der Waals surface area contributed by atoms with E-state index in [4.69, 9.17) is 10.00 Å². The number of rotatable bonds is 3. The van der Waals surface area contributed by atoms with Crippen molar-refractivity contribution in [3.05, 3.63) is 0 Å². The van der Waals surface area contributed by atoms with E-state index < -0.39 is 0 Å². The van der Waals surface area contributed by atoms with E-state index in [-0.39, 0.29) is 5.41 Å². The van der Waals surface area contributed by atoms with E-state index in [1.807, 2.05) is 0 Å². The van der Waals surface area contributed by atoms with Crippen molar-refractivity contribution < 1.29 is 4.74 Å². The topological polar surface area (TPSA) is 45.0 Å². The molecule has 0 aromatic carbocycles. The highest BCUT2D eigenvalue weighted by molar-refractivity contribution is 4.92. The molecular weight excluding hydrogens is 212 g/mol. The summed E-state index contributed by atoms with van der Waals surface area (Å²) >= 11 is 0. The van der Waals surface area contributed by atoms with Gasteiger partial charge in [0.15, 0.2) is 0 Å². The number of hydrogen-bond acceptors (Lipinski definition) is 3. The Kier molecular flexibility index (Phi) is 4.42. The predicted molar refractivity (Wildman–Crippen MR) is 67.6 cm³/mol. The summed E-state index contributed by atoms with van der Waals surface area (Å²) in [5.74, 6) is 0. The number of nitrogens with one attached hydrogen (secondary N) is 1. The first-order valence-electron chi connectivity index (χ1n) is 6.93. The van der Waals surface area contributed by atoms with Crippen molar-refractivity contribution >= 4 is 0 Å². The fraction of sp³-hybridized carbons (Fsp3) is 0.929. The van der Waals surface area contributed by atoms with Crippen molar-refractivity contribution in [3.63, 3.8) is 0 Å². The smallest absolute Gasteiger partial charge is 0.0627 e. The summed E-state index contributed by atoms with van der Waals surface area (Å²) < 4.78 is 5.38. The second-order valence-electron chi connectivity index (χ2n) is 5.97. The summed E-state index contributed by atoms with van der Waals surface area (Å²) in [5, 5.41) is 12.6. The fourth-order valence-corrected chi connectivity index (χ4v) is 3.05. The van der Waals surface area contributed by atoms with Crippen LogP contribution in [-0.2, 0) is 4.74 Å². The Balaban J connectivity index is 1.73. The second kappa shape index (κ2) is 5.84. The van der Waals surface area contributed by atoms with Crippen molar-refractivity contribution in [3.8, 4) is 6.07 Å². The van der Waals surface area contributed by atoms with Crippen molar-refractivity contribution in [2.24, 2.45) is 5.41 Å². The minimum absolute atomic E-state index is 0.280. The van der Waals surface area contributed by atoms with Gasteiger partial charge in [-0.05, 0) is 43.9 Å². The van der Waals surface area contributed by atoms with Gasteiger partial charge in [-0.2, -0.15) is 5.26 Å². The van der Waals surface area contributed by atoms with E-state index in [0.717, 1.165) is 32.5 Å². The number of nitrogens with zero attached hydrogens (tertiary/aromatic N) is 1. The average molecular weight is 236 g/mol. The lowest BCUT2D eigenvalue weighted by molar-refractivity contribution is 0.0697. The zero-order valence-electron chi connectivity index (χ0n) is 10.9. The Hall–Kier alpha value is -0.590. The van der Waals surface area contributed by atoms with E-state index in [1.54, 1.807) is 0 Å². The minimum atomic E-state index is 0.280. The second-order valence-corrected chi connectivity index (χ2v) is 5.97. The lowest BCUT2D eigenvalue weighted by atomic mass is 9.72. The Morgan fingerprint density at radius 1 is 1.18 bits per heavy atom. The molecule has 0 amide bonds. The first-order chi connectivity index (χ1) is 8.22. The summed E-state index contributed by atoms with van der Waals surface area (Å²) in [5.41, 5.74) is 0.280. The highest BCUT2D eigenvalue weighted by atomic mass is 16.5. The van der Waals surface area contributed by atoms with Crippen LogP contribution in [0.25, 0.3) is 0 Å². The SMILES string of the molecule is C[C@]1(CC#N)CC[C@H](NC2CCOCC2)CC1. The molecule has 0 radical (unpaired) electrons. The summed E-state index contributed by atoms with van der Waals surface area (Å²) in [6, 6.07) is 3.67. The molecule has 1 aliphatic carbocycles. The molecule has 1 heterocycles. The van der Waals surface area contributed by atoms with E-state index in [1.165, 1.54) is 25.7 Å². The third kappa shape index (κ3) is 3.69. The van der Waals surface area contributed by atoms with Gasteiger partial charge >= 0.3 is 0 Å². The molecule has 3 heteroatoms. The quantitative estimate of drug-likeness (QED) is 0.819. The zero-order valence-corrected chi connectivity index (χ0v) is 10.9. The monoisotopic (exact) mass is 236 g/mol. The van der Waals surface area contributed by atoms with Crippen LogP contribution >= 0.6 is 0 Å². The molecule has 0 aromatic rings. The lowest BCUT2D eigenvalue weighted by Gasteiger charge is -2.38. The van der Waals surface area contributed by atoms with E-state index in [2.05, 4.69) is 18.3 Å². The first-order valence-corrected chi connectivity index (χ1v) is 6.93. The van der Waals surface area contributed by atoms with Crippen LogP contribution in [0.2, 0.25) is 0 Å². The third-order valence-electron chi connectivity index (χ3n) is 4.39. The Bertz CT molecular complexity index is 270. The molecule has 0 bridgehead atoms. The number of ether oxygens (including phenoxy) is 1. The molecule has 0 aromatic heterocycles. The van der Waals surface area contributed by atoms with Crippen LogP contribution in [0.15, 0.2) is 0 Å². The van der Waals surface area contributed by atoms with Gasteiger partial charge in [0.1, 0.15) is 0 Å². The van der Waals surface area contributed by atoms with E-state index >= 15 is 0 Å². The van der Waals surface area contributed by atoms with Crippen LogP contribution in [0.4, 0.5) is 0 Å². The maximum absolute atomic E-state index is 8.83. The highest BCUT2D eigenvalue weighted by Gasteiger charge is 2.31. The molecule has 0 unspecified atom stereocenters. The molecule has 2 rings (SSSR count). The first kappa shape index (κ1) is 12.9. The minimum Gasteiger partial charge on any atom is -0.381 e. The molecule has 96 valence electrons. The third-order valence-corrected chi connectivity index (χ3v) is 4.39. The number of nitriles is 1. The summed E-state index contributed by atoms with van der Waals surface area (Å²) in [4.78, 5) is 0. The van der Waals surface area contributed by atoms with Gasteiger partial charge in [-0.3, -0.25) is 0 Å². The van der Waals surface area contributed by atoms with Crippen LogP contribution in [0.1, 0.15) is 51.9 Å². The van der Waals surface area contributed by atoms with Gasteiger partial charge in [-0.15, -0.1) is 0 Å². The van der Waals surface area contributed by atoms with Gasteiger partial charge in [-0.25, -0.2) is 0 Å². The summed E-state index contributed by atoms with van der Waals surface area (Å²) in [6.45, 7) is 4.09. The molecule has 0 spiro atoms. The van der Waals surface area contributed by atoms with Crippen molar-refractivity contribution in [1.29, 1.82) is 5.26 Å².